The first kappa shape index (κ1) is 56.0. The van der Waals surface area contributed by atoms with Gasteiger partial charge in [0.2, 0.25) is 0 Å². The Bertz CT molecular complexity index is 894. The van der Waals surface area contributed by atoms with E-state index in [1.54, 1.807) is 0 Å². The predicted octanol–water partition coefficient (Wildman–Crippen LogP) is 15.6. The van der Waals surface area contributed by atoms with Crippen LogP contribution in [-0.4, -0.2) is 41.0 Å². The maximum absolute atomic E-state index is 12.5. The molecule has 0 saturated heterocycles. The summed E-state index contributed by atoms with van der Waals surface area (Å²) in [4.78, 5) is 43.0. The van der Waals surface area contributed by atoms with E-state index in [4.69, 9.17) is 19.3 Å². The first-order valence-corrected chi connectivity index (χ1v) is 26.4. The van der Waals surface area contributed by atoms with Crippen LogP contribution in [0, 0.1) is 0 Å². The molecule has 0 radical (unpaired) electrons. The summed E-state index contributed by atoms with van der Waals surface area (Å²) in [5.74, 6) is -0.862. The lowest BCUT2D eigenvalue weighted by atomic mass is 10.0. The number of carbonyl (C=O) groups is 2. The zero-order valence-corrected chi connectivity index (χ0v) is 38.7. The second kappa shape index (κ2) is 44.6. The molecule has 0 bridgehead atoms. The Morgan fingerprint density at radius 2 is 0.632 bits per heavy atom. The number of carbonyl (C=O) groups excluding carboxylic acids is 2. The standard InChI is InChI=1S/C48H95O8P/c1-3-5-7-9-11-13-15-17-19-20-21-22-23-24-25-26-27-29-31-33-35-37-39-41-43-48(50)56-46(45-55-57(51,52)53)44-54-47(49)42-40-38-36-34-32-30-28-18-16-14-12-10-8-6-4-2/h46H,3-45H2,1-2H3,(H2,51,52,53). The normalized spacial score (nSPS) is 12.3. The maximum atomic E-state index is 12.5. The summed E-state index contributed by atoms with van der Waals surface area (Å²) in [6.07, 6.45) is 49.8. The Morgan fingerprint density at radius 1 is 0.386 bits per heavy atom. The van der Waals surface area contributed by atoms with Gasteiger partial charge in [0.15, 0.2) is 6.10 Å². The van der Waals surface area contributed by atoms with Gasteiger partial charge in [0.1, 0.15) is 6.61 Å². The van der Waals surface area contributed by atoms with E-state index < -0.39 is 32.5 Å². The molecule has 0 amide bonds. The summed E-state index contributed by atoms with van der Waals surface area (Å²) < 4.78 is 26.5. The van der Waals surface area contributed by atoms with E-state index in [0.717, 1.165) is 32.1 Å². The highest BCUT2D eigenvalue weighted by molar-refractivity contribution is 7.46. The van der Waals surface area contributed by atoms with Crippen molar-refractivity contribution in [3.8, 4) is 0 Å². The molecular formula is C48H95O8P. The van der Waals surface area contributed by atoms with Crippen LogP contribution < -0.4 is 0 Å². The smallest absolute Gasteiger partial charge is 0.462 e. The molecule has 0 aliphatic heterocycles. The molecular weight excluding hydrogens is 735 g/mol. The molecule has 0 spiro atoms. The number of phosphoric acid groups is 1. The van der Waals surface area contributed by atoms with Crippen molar-refractivity contribution >= 4 is 19.8 Å². The van der Waals surface area contributed by atoms with Gasteiger partial charge in [-0.15, -0.1) is 0 Å². The van der Waals surface area contributed by atoms with E-state index >= 15 is 0 Å². The molecule has 0 aromatic rings. The molecule has 0 aromatic heterocycles. The number of hydrogen-bond donors (Lipinski definition) is 2. The second-order valence-electron chi connectivity index (χ2n) is 17.2. The van der Waals surface area contributed by atoms with Crippen molar-refractivity contribution in [1.82, 2.24) is 0 Å². The van der Waals surface area contributed by atoms with Gasteiger partial charge in [0.05, 0.1) is 6.61 Å². The molecule has 0 rings (SSSR count). The highest BCUT2D eigenvalue weighted by Gasteiger charge is 2.23. The van der Waals surface area contributed by atoms with Crippen molar-refractivity contribution in [2.24, 2.45) is 0 Å². The molecule has 0 aliphatic rings. The molecule has 0 saturated carbocycles. The van der Waals surface area contributed by atoms with E-state index in [9.17, 15) is 14.2 Å². The van der Waals surface area contributed by atoms with Gasteiger partial charge < -0.3 is 19.3 Å². The van der Waals surface area contributed by atoms with Gasteiger partial charge in [-0.25, -0.2) is 4.57 Å². The van der Waals surface area contributed by atoms with Crippen molar-refractivity contribution < 1.29 is 37.9 Å². The highest BCUT2D eigenvalue weighted by atomic mass is 31.2. The van der Waals surface area contributed by atoms with Crippen LogP contribution in [0.4, 0.5) is 0 Å². The van der Waals surface area contributed by atoms with Crippen LogP contribution in [0.2, 0.25) is 0 Å². The molecule has 2 N–H and O–H groups in total. The van der Waals surface area contributed by atoms with Crippen molar-refractivity contribution in [3.05, 3.63) is 0 Å². The SMILES string of the molecule is CCCCCCCCCCCCCCCCCCCCCCCCCCC(=O)OC(COC(=O)CCCCCCCCCCCCCCCCC)COP(=O)(O)O. The van der Waals surface area contributed by atoms with Crippen molar-refractivity contribution in [2.45, 2.75) is 283 Å². The summed E-state index contributed by atoms with van der Waals surface area (Å²) in [7, 11) is -4.75. The van der Waals surface area contributed by atoms with Crippen LogP contribution in [0.1, 0.15) is 277 Å². The van der Waals surface area contributed by atoms with Gasteiger partial charge in [0.25, 0.3) is 0 Å². The molecule has 9 heteroatoms. The Hall–Kier alpha value is -0.950. The fraction of sp³-hybridized carbons (Fsp3) is 0.958. The second-order valence-corrected chi connectivity index (χ2v) is 18.4. The number of hydrogen-bond acceptors (Lipinski definition) is 6. The van der Waals surface area contributed by atoms with E-state index in [2.05, 4.69) is 18.4 Å². The van der Waals surface area contributed by atoms with E-state index in [1.165, 1.54) is 212 Å². The highest BCUT2D eigenvalue weighted by Crippen LogP contribution is 2.36. The van der Waals surface area contributed by atoms with Gasteiger partial charge in [-0.05, 0) is 12.8 Å². The average Bonchev–Trinajstić information content (AvgIpc) is 3.18. The lowest BCUT2D eigenvalue weighted by Gasteiger charge is -2.18. The summed E-state index contributed by atoms with van der Waals surface area (Å²) in [6.45, 7) is 3.74. The predicted molar refractivity (Wildman–Crippen MR) is 239 cm³/mol. The molecule has 0 aromatic carbocycles. The number of esters is 2. The minimum Gasteiger partial charge on any atom is -0.462 e. The van der Waals surface area contributed by atoms with E-state index in [0.29, 0.717) is 6.42 Å². The monoisotopic (exact) mass is 831 g/mol. The Labute approximate surface area is 353 Å². The largest absolute Gasteiger partial charge is 0.469 e. The van der Waals surface area contributed by atoms with Gasteiger partial charge >= 0.3 is 19.8 Å². The first-order valence-electron chi connectivity index (χ1n) is 24.8. The van der Waals surface area contributed by atoms with Gasteiger partial charge in [-0.3, -0.25) is 14.1 Å². The molecule has 0 aliphatic carbocycles. The molecule has 0 heterocycles. The van der Waals surface area contributed by atoms with E-state index in [-0.39, 0.29) is 19.4 Å². The molecule has 57 heavy (non-hydrogen) atoms. The molecule has 0 fully saturated rings. The van der Waals surface area contributed by atoms with Crippen LogP contribution in [0.15, 0.2) is 0 Å². The van der Waals surface area contributed by atoms with Gasteiger partial charge in [0, 0.05) is 12.8 Å². The van der Waals surface area contributed by atoms with Crippen LogP contribution in [0.3, 0.4) is 0 Å². The number of ether oxygens (including phenoxy) is 2. The third-order valence-electron chi connectivity index (χ3n) is 11.4. The topological polar surface area (TPSA) is 119 Å². The zero-order chi connectivity index (χ0) is 41.8. The number of rotatable bonds is 47. The minimum absolute atomic E-state index is 0.221. The van der Waals surface area contributed by atoms with Crippen molar-refractivity contribution in [2.75, 3.05) is 13.2 Å². The van der Waals surface area contributed by atoms with Crippen LogP contribution in [-0.2, 0) is 28.2 Å². The van der Waals surface area contributed by atoms with Crippen LogP contribution >= 0.6 is 7.82 Å². The lowest BCUT2D eigenvalue weighted by Crippen LogP contribution is -2.29. The molecule has 1 atom stereocenters. The maximum Gasteiger partial charge on any atom is 0.469 e. The Morgan fingerprint density at radius 3 is 0.895 bits per heavy atom. The molecule has 1 unspecified atom stereocenters. The average molecular weight is 831 g/mol. The Balaban J connectivity index is 3.74. The summed E-state index contributed by atoms with van der Waals surface area (Å²) in [6, 6.07) is 0. The quantitative estimate of drug-likeness (QED) is 0.0353. The van der Waals surface area contributed by atoms with Crippen molar-refractivity contribution in [3.63, 3.8) is 0 Å². The summed E-state index contributed by atoms with van der Waals surface area (Å²) >= 11 is 0. The molecule has 340 valence electrons. The Kier molecular flexibility index (Phi) is 43.9. The summed E-state index contributed by atoms with van der Waals surface area (Å²) in [5.41, 5.74) is 0. The fourth-order valence-electron chi connectivity index (χ4n) is 7.67. The summed E-state index contributed by atoms with van der Waals surface area (Å²) in [5, 5.41) is 0. The number of phosphoric ester groups is 1. The van der Waals surface area contributed by atoms with Gasteiger partial charge in [-0.2, -0.15) is 0 Å². The fourth-order valence-corrected chi connectivity index (χ4v) is 8.03. The van der Waals surface area contributed by atoms with Crippen LogP contribution in [0.25, 0.3) is 0 Å². The third-order valence-corrected chi connectivity index (χ3v) is 11.9. The van der Waals surface area contributed by atoms with Crippen molar-refractivity contribution in [1.29, 1.82) is 0 Å². The first-order chi connectivity index (χ1) is 27.8. The van der Waals surface area contributed by atoms with Gasteiger partial charge in [-0.1, -0.05) is 251 Å². The van der Waals surface area contributed by atoms with Crippen LogP contribution in [0.5, 0.6) is 0 Å². The zero-order valence-electron chi connectivity index (χ0n) is 37.8. The third kappa shape index (κ3) is 47.6. The number of unbranched alkanes of at least 4 members (excludes halogenated alkanes) is 37. The van der Waals surface area contributed by atoms with E-state index in [1.807, 2.05) is 0 Å². The molecule has 8 nitrogen and oxygen atoms in total. The lowest BCUT2D eigenvalue weighted by molar-refractivity contribution is -0.161. The minimum atomic E-state index is -4.75.